The maximum Gasteiger partial charge on any atom is 0.508 e. The van der Waals surface area contributed by atoms with Crippen LogP contribution in [0.4, 0.5) is 4.79 Å². The van der Waals surface area contributed by atoms with E-state index < -0.39 is 18.9 Å². The zero-order valence-corrected chi connectivity index (χ0v) is 6.32. The normalized spacial score (nSPS) is 12.3. The quantitative estimate of drug-likeness (QED) is 0.548. The average Bonchev–Trinajstić information content (AvgIpc) is 2.01. The highest BCUT2D eigenvalue weighted by atomic mass is 16.7. The van der Waals surface area contributed by atoms with Crippen molar-refractivity contribution in [2.45, 2.75) is 13.0 Å². The summed E-state index contributed by atoms with van der Waals surface area (Å²) in [6.45, 7) is 1.20. The van der Waals surface area contributed by atoms with Gasteiger partial charge in [-0.05, 0) is 6.92 Å². The molecule has 0 radical (unpaired) electrons. The van der Waals surface area contributed by atoms with Crippen molar-refractivity contribution >= 4 is 6.16 Å². The van der Waals surface area contributed by atoms with Gasteiger partial charge in [0.05, 0.1) is 13.2 Å². The zero-order valence-electron chi connectivity index (χ0n) is 6.32. The van der Waals surface area contributed by atoms with Crippen LogP contribution in [0.2, 0.25) is 0 Å². The van der Waals surface area contributed by atoms with Gasteiger partial charge < -0.3 is 19.7 Å². The Labute approximate surface area is 64.5 Å². The van der Waals surface area contributed by atoms with Crippen LogP contribution in [0.25, 0.3) is 0 Å². The fraction of sp³-hybridized carbons (Fsp3) is 0.833. The van der Waals surface area contributed by atoms with Crippen molar-refractivity contribution < 1.29 is 24.5 Å². The molecule has 0 unspecified atom stereocenters. The molecule has 0 aliphatic heterocycles. The van der Waals surface area contributed by atoms with Gasteiger partial charge in [0.15, 0.2) is 0 Å². The van der Waals surface area contributed by atoms with Crippen molar-refractivity contribution in [3.05, 3.63) is 0 Å². The van der Waals surface area contributed by atoms with E-state index >= 15 is 0 Å². The van der Waals surface area contributed by atoms with Crippen LogP contribution in [0.15, 0.2) is 0 Å². The minimum Gasteiger partial charge on any atom is -0.435 e. The van der Waals surface area contributed by atoms with E-state index in [1.54, 1.807) is 6.92 Å². The minimum absolute atomic E-state index is 0.230. The third-order valence-electron chi connectivity index (χ3n) is 0.867. The molecule has 5 heteroatoms. The van der Waals surface area contributed by atoms with Gasteiger partial charge in [-0.2, -0.15) is 0 Å². The molecule has 0 aromatic rings. The minimum atomic E-state index is -1.03. The van der Waals surface area contributed by atoms with E-state index in [0.717, 1.165) is 0 Å². The Hall–Kier alpha value is -0.810. The summed E-state index contributed by atoms with van der Waals surface area (Å²) in [5.41, 5.74) is 0. The molecule has 0 amide bonds. The second-order valence-electron chi connectivity index (χ2n) is 1.83. The molecule has 66 valence electrons. The molecular weight excluding hydrogens is 152 g/mol. The van der Waals surface area contributed by atoms with E-state index in [9.17, 15) is 4.79 Å². The van der Waals surface area contributed by atoms with Crippen LogP contribution in [-0.2, 0) is 9.47 Å². The Kier molecular flexibility index (Phi) is 5.50. The first kappa shape index (κ1) is 10.2. The lowest BCUT2D eigenvalue weighted by atomic mass is 10.4. The van der Waals surface area contributed by atoms with E-state index in [1.165, 1.54) is 0 Å². The molecule has 11 heavy (non-hydrogen) atoms. The van der Waals surface area contributed by atoms with Crippen molar-refractivity contribution in [3.8, 4) is 0 Å². The maximum atomic E-state index is 10.4. The number of carbonyl (C=O) groups is 1. The number of hydrogen-bond acceptors (Lipinski definition) is 5. The van der Waals surface area contributed by atoms with Crippen LogP contribution in [0.3, 0.4) is 0 Å². The molecule has 0 saturated heterocycles. The van der Waals surface area contributed by atoms with E-state index in [1.807, 2.05) is 0 Å². The lowest BCUT2D eigenvalue weighted by Gasteiger charge is -2.07. The van der Waals surface area contributed by atoms with Crippen molar-refractivity contribution in [1.82, 2.24) is 0 Å². The third-order valence-corrected chi connectivity index (χ3v) is 0.867. The second-order valence-corrected chi connectivity index (χ2v) is 1.83. The van der Waals surface area contributed by atoms with Gasteiger partial charge in [-0.1, -0.05) is 0 Å². The number of hydrogen-bond donors (Lipinski definition) is 2. The van der Waals surface area contributed by atoms with Gasteiger partial charge in [-0.15, -0.1) is 0 Å². The predicted molar refractivity (Wildman–Crippen MR) is 36.1 cm³/mol. The highest BCUT2D eigenvalue weighted by Gasteiger charge is 2.06. The molecule has 0 rings (SSSR count). The molecule has 0 aliphatic rings. The molecule has 0 aromatic heterocycles. The molecule has 1 atom stereocenters. The van der Waals surface area contributed by atoms with Gasteiger partial charge in [-0.25, -0.2) is 4.79 Å². The first-order chi connectivity index (χ1) is 5.20. The van der Waals surface area contributed by atoms with Gasteiger partial charge in [0.1, 0.15) is 12.7 Å². The van der Waals surface area contributed by atoms with Gasteiger partial charge in [0, 0.05) is 0 Å². The molecule has 0 aromatic carbocycles. The van der Waals surface area contributed by atoms with Crippen molar-refractivity contribution in [2.75, 3.05) is 19.8 Å². The van der Waals surface area contributed by atoms with E-state index in [0.29, 0.717) is 0 Å². The molecule has 0 aliphatic carbocycles. The Morgan fingerprint density at radius 1 is 1.55 bits per heavy atom. The van der Waals surface area contributed by atoms with Crippen molar-refractivity contribution in [3.63, 3.8) is 0 Å². The first-order valence-electron chi connectivity index (χ1n) is 3.29. The van der Waals surface area contributed by atoms with Crippen LogP contribution in [0.1, 0.15) is 6.92 Å². The fourth-order valence-corrected chi connectivity index (χ4v) is 0.376. The lowest BCUT2D eigenvalue weighted by Crippen LogP contribution is -2.22. The smallest absolute Gasteiger partial charge is 0.435 e. The Bertz CT molecular complexity index is 114. The Balaban J connectivity index is 3.30. The molecule has 0 bridgehead atoms. The summed E-state index contributed by atoms with van der Waals surface area (Å²) in [6.07, 6.45) is -1.86. The Morgan fingerprint density at radius 3 is 2.64 bits per heavy atom. The fourth-order valence-electron chi connectivity index (χ4n) is 0.376. The van der Waals surface area contributed by atoms with E-state index in [-0.39, 0.29) is 13.2 Å². The third kappa shape index (κ3) is 5.63. The predicted octanol–water partition coefficient (Wildman–Crippen LogP) is -0.487. The van der Waals surface area contributed by atoms with Crippen LogP contribution >= 0.6 is 0 Å². The molecule has 0 spiro atoms. The molecule has 0 heterocycles. The Morgan fingerprint density at radius 2 is 2.18 bits per heavy atom. The summed E-state index contributed by atoms with van der Waals surface area (Å²) in [7, 11) is 0. The number of rotatable bonds is 4. The van der Waals surface area contributed by atoms with Crippen molar-refractivity contribution in [1.29, 1.82) is 0 Å². The van der Waals surface area contributed by atoms with Gasteiger partial charge in [0.25, 0.3) is 0 Å². The van der Waals surface area contributed by atoms with Crippen LogP contribution < -0.4 is 0 Å². The van der Waals surface area contributed by atoms with Crippen LogP contribution in [-0.4, -0.2) is 42.3 Å². The molecular formula is C6H12O5. The summed E-state index contributed by atoms with van der Waals surface area (Å²) < 4.78 is 8.75. The highest BCUT2D eigenvalue weighted by Crippen LogP contribution is 1.88. The summed E-state index contributed by atoms with van der Waals surface area (Å²) >= 11 is 0. The number of aliphatic hydroxyl groups is 2. The maximum absolute atomic E-state index is 10.4. The zero-order chi connectivity index (χ0) is 8.69. The summed E-state index contributed by atoms with van der Waals surface area (Å²) in [4.78, 5) is 10.4. The van der Waals surface area contributed by atoms with Crippen LogP contribution in [0.5, 0.6) is 0 Å². The molecule has 0 fully saturated rings. The van der Waals surface area contributed by atoms with Gasteiger partial charge in [0.2, 0.25) is 0 Å². The van der Waals surface area contributed by atoms with Crippen molar-refractivity contribution in [2.24, 2.45) is 0 Å². The summed E-state index contributed by atoms with van der Waals surface area (Å²) in [5.74, 6) is 0. The van der Waals surface area contributed by atoms with Crippen LogP contribution in [0, 0.1) is 0 Å². The SMILES string of the molecule is CCOC(=O)OC[C@@H](O)CO. The van der Waals surface area contributed by atoms with E-state index in [4.69, 9.17) is 10.2 Å². The highest BCUT2D eigenvalue weighted by molar-refractivity contribution is 5.59. The topological polar surface area (TPSA) is 76.0 Å². The summed E-state index contributed by atoms with van der Waals surface area (Å²) in [6, 6.07) is 0. The molecule has 2 N–H and O–H groups in total. The largest absolute Gasteiger partial charge is 0.508 e. The number of carbonyl (C=O) groups excluding carboxylic acids is 1. The van der Waals surface area contributed by atoms with E-state index in [2.05, 4.69) is 9.47 Å². The standard InChI is InChI=1S/C6H12O5/c1-2-10-6(9)11-4-5(8)3-7/h5,7-8H,2-4H2,1H3/t5-/m0/s1. The average molecular weight is 164 g/mol. The van der Waals surface area contributed by atoms with Gasteiger partial charge >= 0.3 is 6.16 Å². The lowest BCUT2D eigenvalue weighted by molar-refractivity contribution is 0.00234. The summed E-state index contributed by atoms with van der Waals surface area (Å²) in [5, 5.41) is 17.0. The first-order valence-corrected chi connectivity index (χ1v) is 3.29. The second kappa shape index (κ2) is 5.94. The number of aliphatic hydroxyl groups excluding tert-OH is 2. The van der Waals surface area contributed by atoms with Gasteiger partial charge in [-0.3, -0.25) is 0 Å². The monoisotopic (exact) mass is 164 g/mol. The molecule has 0 saturated carbocycles. The number of ether oxygens (including phenoxy) is 2. The molecule has 5 nitrogen and oxygen atoms in total.